The van der Waals surface area contributed by atoms with Crippen molar-refractivity contribution >= 4 is 23.2 Å². The molecule has 1 N–H and O–H groups in total. The van der Waals surface area contributed by atoms with Gasteiger partial charge in [0.05, 0.1) is 11.4 Å². The molecular weight excluding hydrogens is 320 g/mol. The quantitative estimate of drug-likeness (QED) is 0.778. The molecule has 0 radical (unpaired) electrons. The number of hydrogen-bond acceptors (Lipinski definition) is 5. The number of hydrogen-bond donors (Lipinski definition) is 1. The fraction of sp³-hybridized carbons (Fsp3) is 0.111. The van der Waals surface area contributed by atoms with E-state index in [1.807, 2.05) is 18.2 Å². The third kappa shape index (κ3) is 2.76. The van der Waals surface area contributed by atoms with Crippen molar-refractivity contribution in [2.75, 3.05) is 16.8 Å². The highest BCUT2D eigenvalue weighted by Gasteiger charge is 2.27. The second kappa shape index (κ2) is 5.86. The topological polar surface area (TPSA) is 88.3 Å². The van der Waals surface area contributed by atoms with Gasteiger partial charge in [-0.2, -0.15) is 4.98 Å². The first-order valence-electron chi connectivity index (χ1n) is 7.73. The Labute approximate surface area is 143 Å². The predicted molar refractivity (Wildman–Crippen MR) is 91.2 cm³/mol. The number of aromatic nitrogens is 2. The third-order valence-corrected chi connectivity index (χ3v) is 3.93. The first kappa shape index (κ1) is 15.1. The van der Waals surface area contributed by atoms with Crippen LogP contribution < -0.4 is 10.2 Å². The molecule has 25 heavy (non-hydrogen) atoms. The Morgan fingerprint density at radius 1 is 1.16 bits per heavy atom. The minimum absolute atomic E-state index is 0.0123. The van der Waals surface area contributed by atoms with Gasteiger partial charge < -0.3 is 9.84 Å². The van der Waals surface area contributed by atoms with Crippen molar-refractivity contribution in [2.45, 2.75) is 6.92 Å². The lowest BCUT2D eigenvalue weighted by molar-refractivity contribution is -0.115. The Balaban J connectivity index is 1.64. The van der Waals surface area contributed by atoms with E-state index in [0.29, 0.717) is 28.7 Å². The number of carbonyl (C=O) groups is 2. The maximum Gasteiger partial charge on any atom is 0.258 e. The number of aryl methyl sites for hydroxylation is 1. The molecule has 0 saturated carbocycles. The Bertz CT molecular complexity index is 962. The highest BCUT2D eigenvalue weighted by Crippen LogP contribution is 2.30. The lowest BCUT2D eigenvalue weighted by Crippen LogP contribution is -2.42. The number of benzene rings is 2. The first-order chi connectivity index (χ1) is 12.1. The van der Waals surface area contributed by atoms with Crippen LogP contribution in [0.25, 0.3) is 11.4 Å². The summed E-state index contributed by atoms with van der Waals surface area (Å²) in [4.78, 5) is 30.4. The highest BCUT2D eigenvalue weighted by atomic mass is 16.5. The highest BCUT2D eigenvalue weighted by molar-refractivity contribution is 6.15. The Morgan fingerprint density at radius 3 is 2.64 bits per heavy atom. The fourth-order valence-corrected chi connectivity index (χ4v) is 2.75. The number of anilines is 2. The molecule has 0 unspecified atom stereocenters. The molecule has 4 rings (SSSR count). The number of para-hydroxylation sites is 2. The monoisotopic (exact) mass is 334 g/mol. The van der Waals surface area contributed by atoms with Gasteiger partial charge in [-0.3, -0.25) is 14.5 Å². The van der Waals surface area contributed by atoms with Gasteiger partial charge in [0.2, 0.25) is 17.6 Å². The second-order valence-corrected chi connectivity index (χ2v) is 5.67. The van der Waals surface area contributed by atoms with E-state index < -0.39 is 0 Å². The first-order valence-corrected chi connectivity index (χ1v) is 7.73. The van der Waals surface area contributed by atoms with Crippen molar-refractivity contribution < 1.29 is 14.1 Å². The maximum atomic E-state index is 12.9. The zero-order valence-electron chi connectivity index (χ0n) is 13.4. The summed E-state index contributed by atoms with van der Waals surface area (Å²) in [6, 6.07) is 14.1. The summed E-state index contributed by atoms with van der Waals surface area (Å²) in [5.74, 6) is 0.495. The molecule has 2 aromatic carbocycles. The molecule has 7 nitrogen and oxygen atoms in total. The van der Waals surface area contributed by atoms with Crippen molar-refractivity contribution in [3.63, 3.8) is 0 Å². The minimum Gasteiger partial charge on any atom is -0.339 e. The summed E-state index contributed by atoms with van der Waals surface area (Å²) in [7, 11) is 0. The van der Waals surface area contributed by atoms with Crippen molar-refractivity contribution in [2.24, 2.45) is 0 Å². The standard InChI is InChI=1S/C18H14N4O3/c1-11-19-17(21-25-11)12-6-8-13(9-7-12)18(24)22-10-16(23)20-14-4-2-3-5-15(14)22/h2-9H,10H2,1H3,(H,20,23). The molecule has 1 aliphatic rings. The van der Waals surface area contributed by atoms with Gasteiger partial charge in [0.1, 0.15) is 6.54 Å². The molecule has 1 aromatic heterocycles. The van der Waals surface area contributed by atoms with E-state index in [1.54, 1.807) is 37.3 Å². The number of rotatable bonds is 2. The smallest absolute Gasteiger partial charge is 0.258 e. The van der Waals surface area contributed by atoms with Crippen LogP contribution in [0.1, 0.15) is 16.2 Å². The van der Waals surface area contributed by atoms with Gasteiger partial charge in [0.15, 0.2) is 0 Å². The molecule has 3 aromatic rings. The van der Waals surface area contributed by atoms with E-state index in [9.17, 15) is 9.59 Å². The lowest BCUT2D eigenvalue weighted by Gasteiger charge is -2.29. The summed E-state index contributed by atoms with van der Waals surface area (Å²) in [6.45, 7) is 1.70. The molecule has 2 heterocycles. The van der Waals surface area contributed by atoms with Gasteiger partial charge >= 0.3 is 0 Å². The van der Waals surface area contributed by atoms with Gasteiger partial charge in [-0.05, 0) is 24.3 Å². The van der Waals surface area contributed by atoms with Crippen LogP contribution in [0, 0.1) is 6.92 Å². The van der Waals surface area contributed by atoms with E-state index in [1.165, 1.54) is 4.90 Å². The number of carbonyl (C=O) groups excluding carboxylic acids is 2. The molecule has 0 spiro atoms. The maximum absolute atomic E-state index is 12.9. The number of nitrogens with one attached hydrogen (secondary N) is 1. The largest absolute Gasteiger partial charge is 0.339 e. The van der Waals surface area contributed by atoms with Gasteiger partial charge in [0.25, 0.3) is 5.91 Å². The average Bonchev–Trinajstić information content (AvgIpc) is 3.07. The zero-order chi connectivity index (χ0) is 17.4. The average molecular weight is 334 g/mol. The van der Waals surface area contributed by atoms with Crippen LogP contribution >= 0.6 is 0 Å². The molecule has 0 bridgehead atoms. The lowest BCUT2D eigenvalue weighted by atomic mass is 10.1. The third-order valence-electron chi connectivity index (χ3n) is 3.93. The van der Waals surface area contributed by atoms with Gasteiger partial charge in [-0.1, -0.05) is 29.4 Å². The predicted octanol–water partition coefficient (Wildman–Crippen LogP) is 2.64. The van der Waals surface area contributed by atoms with Crippen LogP contribution in [-0.2, 0) is 4.79 Å². The van der Waals surface area contributed by atoms with Crippen LogP contribution in [0.5, 0.6) is 0 Å². The molecule has 1 aliphatic heterocycles. The van der Waals surface area contributed by atoms with E-state index in [0.717, 1.165) is 5.56 Å². The van der Waals surface area contributed by atoms with Crippen molar-refractivity contribution in [1.29, 1.82) is 0 Å². The van der Waals surface area contributed by atoms with Gasteiger partial charge in [0, 0.05) is 18.1 Å². The SMILES string of the molecule is Cc1nc(-c2ccc(C(=O)N3CC(=O)Nc4ccccc43)cc2)no1. The van der Waals surface area contributed by atoms with Crippen LogP contribution in [0.15, 0.2) is 53.1 Å². The van der Waals surface area contributed by atoms with E-state index in [4.69, 9.17) is 4.52 Å². The van der Waals surface area contributed by atoms with Crippen LogP contribution in [0.4, 0.5) is 11.4 Å². The van der Waals surface area contributed by atoms with Crippen molar-refractivity contribution in [1.82, 2.24) is 10.1 Å². The molecule has 0 fully saturated rings. The van der Waals surface area contributed by atoms with Crippen LogP contribution in [0.2, 0.25) is 0 Å². The van der Waals surface area contributed by atoms with E-state index >= 15 is 0 Å². The fourth-order valence-electron chi connectivity index (χ4n) is 2.75. The van der Waals surface area contributed by atoms with Crippen LogP contribution in [0.3, 0.4) is 0 Å². The molecular formula is C18H14N4O3. The summed E-state index contributed by atoms with van der Waals surface area (Å²) in [6.07, 6.45) is 0. The zero-order valence-corrected chi connectivity index (χ0v) is 13.4. The van der Waals surface area contributed by atoms with Crippen molar-refractivity contribution in [3.05, 3.63) is 60.0 Å². The van der Waals surface area contributed by atoms with E-state index in [-0.39, 0.29) is 18.4 Å². The second-order valence-electron chi connectivity index (χ2n) is 5.67. The molecule has 0 atom stereocenters. The molecule has 0 aliphatic carbocycles. The number of nitrogens with zero attached hydrogens (tertiary/aromatic N) is 3. The van der Waals surface area contributed by atoms with E-state index in [2.05, 4.69) is 15.5 Å². The van der Waals surface area contributed by atoms with Gasteiger partial charge in [-0.25, -0.2) is 0 Å². The molecule has 7 heteroatoms. The van der Waals surface area contributed by atoms with Crippen molar-refractivity contribution in [3.8, 4) is 11.4 Å². The molecule has 0 saturated heterocycles. The van der Waals surface area contributed by atoms with Crippen LogP contribution in [-0.4, -0.2) is 28.5 Å². The Kier molecular flexibility index (Phi) is 3.53. The number of amides is 2. The van der Waals surface area contributed by atoms with Gasteiger partial charge in [-0.15, -0.1) is 0 Å². The summed E-state index contributed by atoms with van der Waals surface area (Å²) in [5.41, 5.74) is 2.55. The minimum atomic E-state index is -0.238. The molecule has 124 valence electrons. The Hall–Kier alpha value is -3.48. The Morgan fingerprint density at radius 2 is 1.92 bits per heavy atom. The summed E-state index contributed by atoms with van der Waals surface area (Å²) < 4.78 is 4.96. The molecule has 2 amide bonds. The summed E-state index contributed by atoms with van der Waals surface area (Å²) in [5, 5.41) is 6.63. The normalized spacial score (nSPS) is 13.3. The summed E-state index contributed by atoms with van der Waals surface area (Å²) >= 11 is 0. The number of fused-ring (bicyclic) bond motifs is 1.